The van der Waals surface area contributed by atoms with E-state index < -0.39 is 0 Å². The molecule has 4 heterocycles. The van der Waals surface area contributed by atoms with Gasteiger partial charge in [0.25, 0.3) is 0 Å². The smallest absolute Gasteiger partial charge is 0.110 e. The number of imidazole rings is 4. The third-order valence-electron chi connectivity index (χ3n) is 11.9. The molecule has 0 N–H and O–H groups in total. The van der Waals surface area contributed by atoms with Crippen LogP contribution in [0.3, 0.4) is 0 Å². The van der Waals surface area contributed by atoms with Gasteiger partial charge in [0, 0.05) is 93.1 Å². The first kappa shape index (κ1) is 37.5. The molecule has 0 atom stereocenters. The van der Waals surface area contributed by atoms with Gasteiger partial charge in [0.05, 0.1) is 44.1 Å². The monoisotopic (exact) mass is 768 g/mol. The van der Waals surface area contributed by atoms with Gasteiger partial charge in [-0.3, -0.25) is 9.80 Å². The molecule has 0 radical (unpaired) electrons. The number of benzene rings is 5. The van der Waals surface area contributed by atoms with Crippen LogP contribution in [0.4, 0.5) is 0 Å². The zero-order chi connectivity index (χ0) is 39.6. The van der Waals surface area contributed by atoms with E-state index in [1.54, 1.807) is 0 Å². The third kappa shape index (κ3) is 7.77. The highest BCUT2D eigenvalue weighted by Gasteiger charge is 2.17. The van der Waals surface area contributed by atoms with Crippen molar-refractivity contribution < 1.29 is 0 Å². The molecule has 10 heteroatoms. The Bertz CT molecular complexity index is 2480. The number of fused-ring (bicyclic) bond motifs is 4. The summed E-state index contributed by atoms with van der Waals surface area (Å²) in [4.78, 5) is 25.2. The predicted octanol–water partition coefficient (Wildman–Crippen LogP) is 7.81. The normalized spacial score (nSPS) is 12.1. The fourth-order valence-corrected chi connectivity index (χ4v) is 8.59. The molecule has 0 bridgehead atoms. The van der Waals surface area contributed by atoms with Crippen LogP contribution < -0.4 is 0 Å². The molecular formula is C48H52N10. The minimum Gasteiger partial charge on any atom is -0.331 e. The van der Waals surface area contributed by atoms with Crippen LogP contribution in [0, 0.1) is 0 Å². The van der Waals surface area contributed by atoms with E-state index in [2.05, 4.69) is 178 Å². The summed E-state index contributed by atoms with van der Waals surface area (Å²) in [5.41, 5.74) is 11.5. The van der Waals surface area contributed by atoms with E-state index in [0.29, 0.717) is 0 Å². The van der Waals surface area contributed by atoms with Gasteiger partial charge < -0.3 is 18.3 Å². The Labute approximate surface area is 340 Å². The summed E-state index contributed by atoms with van der Waals surface area (Å²) in [7, 11) is 8.54. The summed E-state index contributed by atoms with van der Waals surface area (Å²) in [5, 5.41) is 0. The molecule has 9 rings (SSSR count). The SMILES string of the molecule is Cn1c(CCN(CCc2nc3ccccc3n2C)Cc2cccc(CN(CCc3nc4ccccc4n3C)CCc3nc4ccccc4n3C)c2)nc2ccccc21. The Morgan fingerprint density at radius 1 is 0.362 bits per heavy atom. The van der Waals surface area contributed by atoms with E-state index in [4.69, 9.17) is 19.9 Å². The van der Waals surface area contributed by atoms with Crippen LogP contribution in [0.5, 0.6) is 0 Å². The maximum absolute atomic E-state index is 5.02. The summed E-state index contributed by atoms with van der Waals surface area (Å²) in [6, 6.07) is 42.9. The lowest BCUT2D eigenvalue weighted by Crippen LogP contribution is -2.30. The lowest BCUT2D eigenvalue weighted by atomic mass is 10.1. The second kappa shape index (κ2) is 16.4. The molecule has 58 heavy (non-hydrogen) atoms. The quantitative estimate of drug-likeness (QED) is 0.0999. The molecule has 0 aliphatic rings. The van der Waals surface area contributed by atoms with Crippen LogP contribution in [-0.2, 0) is 67.0 Å². The number of aryl methyl sites for hydroxylation is 4. The highest BCUT2D eigenvalue weighted by Crippen LogP contribution is 2.21. The number of rotatable bonds is 16. The zero-order valence-electron chi connectivity index (χ0n) is 34.1. The standard InChI is InChI=1S/C48H52N10/c1-53-41-20-9-5-16-37(41)49-45(53)24-28-57(29-25-46-50-38-17-6-10-21-42(38)54(46)2)33-35-14-13-15-36(32-35)34-58(30-26-47-51-39-18-7-11-22-43(39)55(47)3)31-27-48-52-40-19-8-12-23-44(40)56(48)4/h5-23,32H,24-31,33-34H2,1-4H3. The van der Waals surface area contributed by atoms with Crippen molar-refractivity contribution in [2.75, 3.05) is 26.2 Å². The van der Waals surface area contributed by atoms with Crippen molar-refractivity contribution in [2.24, 2.45) is 28.2 Å². The van der Waals surface area contributed by atoms with Crippen molar-refractivity contribution in [3.63, 3.8) is 0 Å². The summed E-state index contributed by atoms with van der Waals surface area (Å²) in [5.74, 6) is 4.44. The van der Waals surface area contributed by atoms with Gasteiger partial charge in [-0.15, -0.1) is 0 Å². The average Bonchev–Trinajstić information content (AvgIpc) is 3.97. The highest BCUT2D eigenvalue weighted by molar-refractivity contribution is 5.77. The van der Waals surface area contributed by atoms with Crippen LogP contribution in [0.25, 0.3) is 44.1 Å². The van der Waals surface area contributed by atoms with Crippen molar-refractivity contribution in [1.82, 2.24) is 48.0 Å². The van der Waals surface area contributed by atoms with E-state index >= 15 is 0 Å². The number of hydrogen-bond acceptors (Lipinski definition) is 6. The van der Waals surface area contributed by atoms with Gasteiger partial charge in [-0.1, -0.05) is 72.8 Å². The Kier molecular flexibility index (Phi) is 10.6. The van der Waals surface area contributed by atoms with Gasteiger partial charge in [-0.2, -0.15) is 0 Å². The Balaban J connectivity index is 0.945. The summed E-state index contributed by atoms with van der Waals surface area (Å²) < 4.78 is 8.98. The molecular weight excluding hydrogens is 717 g/mol. The maximum atomic E-state index is 5.02. The first-order valence-corrected chi connectivity index (χ1v) is 20.5. The summed E-state index contributed by atoms with van der Waals surface area (Å²) >= 11 is 0. The molecule has 10 nitrogen and oxygen atoms in total. The fraction of sp³-hybridized carbons (Fsp3) is 0.292. The van der Waals surface area contributed by atoms with Crippen molar-refractivity contribution in [1.29, 1.82) is 0 Å². The Morgan fingerprint density at radius 3 is 0.914 bits per heavy atom. The van der Waals surface area contributed by atoms with Crippen molar-refractivity contribution in [3.8, 4) is 0 Å². The minimum atomic E-state index is 0.849. The average molecular weight is 769 g/mol. The lowest BCUT2D eigenvalue weighted by Gasteiger charge is -2.24. The Morgan fingerprint density at radius 2 is 0.638 bits per heavy atom. The molecule has 0 aliphatic carbocycles. The zero-order valence-corrected chi connectivity index (χ0v) is 34.1. The molecule has 0 unspecified atom stereocenters. The topological polar surface area (TPSA) is 77.8 Å². The molecule has 294 valence electrons. The highest BCUT2D eigenvalue weighted by atomic mass is 15.2. The van der Waals surface area contributed by atoms with Gasteiger partial charge in [-0.05, 0) is 59.7 Å². The van der Waals surface area contributed by atoms with E-state index in [1.807, 2.05) is 0 Å². The van der Waals surface area contributed by atoms with Crippen LogP contribution in [0.15, 0.2) is 121 Å². The largest absolute Gasteiger partial charge is 0.331 e. The fourth-order valence-electron chi connectivity index (χ4n) is 8.59. The van der Waals surface area contributed by atoms with E-state index in [0.717, 1.165) is 110 Å². The first-order chi connectivity index (χ1) is 28.4. The van der Waals surface area contributed by atoms with Gasteiger partial charge in [0.1, 0.15) is 23.3 Å². The molecule has 4 aromatic heterocycles. The maximum Gasteiger partial charge on any atom is 0.110 e. The van der Waals surface area contributed by atoms with Gasteiger partial charge in [0.15, 0.2) is 0 Å². The summed E-state index contributed by atoms with van der Waals surface area (Å²) in [6.07, 6.45) is 3.47. The van der Waals surface area contributed by atoms with E-state index in [-0.39, 0.29) is 0 Å². The molecule has 0 fully saturated rings. The number of nitrogens with zero attached hydrogens (tertiary/aromatic N) is 10. The van der Waals surface area contributed by atoms with E-state index in [1.165, 1.54) is 33.2 Å². The molecule has 5 aromatic carbocycles. The minimum absolute atomic E-state index is 0.849. The lowest BCUT2D eigenvalue weighted by molar-refractivity contribution is 0.263. The molecule has 9 aromatic rings. The molecule has 0 amide bonds. The van der Waals surface area contributed by atoms with Gasteiger partial charge in [0.2, 0.25) is 0 Å². The summed E-state index contributed by atoms with van der Waals surface area (Å²) in [6.45, 7) is 5.28. The number of para-hydroxylation sites is 8. The van der Waals surface area contributed by atoms with Crippen LogP contribution >= 0.6 is 0 Å². The Hall–Kier alpha value is -6.10. The third-order valence-corrected chi connectivity index (χ3v) is 11.9. The first-order valence-electron chi connectivity index (χ1n) is 20.5. The second-order valence-corrected chi connectivity index (χ2v) is 15.7. The van der Waals surface area contributed by atoms with Crippen LogP contribution in [0.2, 0.25) is 0 Å². The van der Waals surface area contributed by atoms with Crippen LogP contribution in [-0.4, -0.2) is 74.2 Å². The molecule has 0 saturated carbocycles. The molecule has 0 saturated heterocycles. The van der Waals surface area contributed by atoms with Crippen molar-refractivity contribution in [2.45, 2.75) is 38.8 Å². The van der Waals surface area contributed by atoms with Crippen molar-refractivity contribution in [3.05, 3.63) is 156 Å². The van der Waals surface area contributed by atoms with Crippen molar-refractivity contribution >= 4 is 44.1 Å². The number of aromatic nitrogens is 8. The van der Waals surface area contributed by atoms with Gasteiger partial charge >= 0.3 is 0 Å². The van der Waals surface area contributed by atoms with E-state index in [9.17, 15) is 0 Å². The molecule has 0 aliphatic heterocycles. The number of hydrogen-bond donors (Lipinski definition) is 0. The predicted molar refractivity (Wildman–Crippen MR) is 235 cm³/mol. The molecule has 0 spiro atoms. The van der Waals surface area contributed by atoms with Gasteiger partial charge in [-0.25, -0.2) is 19.9 Å². The van der Waals surface area contributed by atoms with Crippen LogP contribution in [0.1, 0.15) is 34.4 Å². The second-order valence-electron chi connectivity index (χ2n) is 15.7.